The molecule has 0 bridgehead atoms. The number of hydrogen-bond donors (Lipinski definition) is 1. The van der Waals surface area contributed by atoms with E-state index in [2.05, 4.69) is 23.1 Å². The monoisotopic (exact) mass is 456 g/mol. The van der Waals surface area contributed by atoms with Crippen LogP contribution in [0, 0.1) is 5.41 Å². The molecule has 0 radical (unpaired) electrons. The molecule has 3 heterocycles. The number of rotatable bonds is 4. The SMILES string of the molecule is CC[C@]12C=CCN3CC[C@]4(c5ccc(OC)cc5N(C)[C@@H]4[C@](O)(C(=O)OC)[C@@H]1OC(C)=O)[C@H]32. The summed E-state index contributed by atoms with van der Waals surface area (Å²) in [6.45, 7) is 4.94. The van der Waals surface area contributed by atoms with Crippen LogP contribution in [0.4, 0.5) is 5.69 Å². The Morgan fingerprint density at radius 3 is 2.64 bits per heavy atom. The van der Waals surface area contributed by atoms with Crippen molar-refractivity contribution in [3.63, 3.8) is 0 Å². The molecule has 0 unspecified atom stereocenters. The number of fused-ring (bicyclic) bond motifs is 1. The first-order valence-corrected chi connectivity index (χ1v) is 11.5. The fraction of sp³-hybridized carbons (Fsp3) is 0.600. The lowest BCUT2D eigenvalue weighted by Crippen LogP contribution is -2.81. The van der Waals surface area contributed by atoms with E-state index >= 15 is 0 Å². The highest BCUT2D eigenvalue weighted by molar-refractivity contribution is 5.87. The van der Waals surface area contributed by atoms with E-state index < -0.39 is 40.5 Å². The number of carbonyl (C=O) groups is 2. The Kier molecular flexibility index (Phi) is 4.85. The predicted molar refractivity (Wildman–Crippen MR) is 121 cm³/mol. The number of ether oxygens (including phenoxy) is 3. The third kappa shape index (κ3) is 2.48. The number of carbonyl (C=O) groups excluding carboxylic acids is 2. The van der Waals surface area contributed by atoms with Gasteiger partial charge in [-0.25, -0.2) is 4.79 Å². The predicted octanol–water partition coefficient (Wildman–Crippen LogP) is 1.64. The second-order valence-corrected chi connectivity index (χ2v) is 9.76. The fourth-order valence-electron chi connectivity index (χ4n) is 7.68. The Morgan fingerprint density at radius 1 is 1.24 bits per heavy atom. The van der Waals surface area contributed by atoms with Gasteiger partial charge in [0.15, 0.2) is 6.10 Å². The lowest BCUT2D eigenvalue weighted by atomic mass is 9.47. The van der Waals surface area contributed by atoms with Crippen molar-refractivity contribution in [1.29, 1.82) is 0 Å². The van der Waals surface area contributed by atoms with E-state index in [0.717, 1.165) is 30.8 Å². The summed E-state index contributed by atoms with van der Waals surface area (Å²) in [6, 6.07) is 5.22. The van der Waals surface area contributed by atoms with E-state index in [4.69, 9.17) is 14.2 Å². The average Bonchev–Trinajstić information content (AvgIpc) is 3.32. The summed E-state index contributed by atoms with van der Waals surface area (Å²) in [6.07, 6.45) is 4.40. The smallest absolute Gasteiger partial charge is 0.344 e. The largest absolute Gasteiger partial charge is 0.497 e. The number of anilines is 1. The van der Waals surface area contributed by atoms with Crippen LogP contribution >= 0.6 is 0 Å². The summed E-state index contributed by atoms with van der Waals surface area (Å²) in [5.74, 6) is -0.617. The zero-order valence-electron chi connectivity index (χ0n) is 19.8. The quantitative estimate of drug-likeness (QED) is 0.541. The number of nitrogens with zero attached hydrogens (tertiary/aromatic N) is 2. The molecule has 4 aliphatic rings. The van der Waals surface area contributed by atoms with Crippen LogP contribution in [0.15, 0.2) is 30.4 Å². The van der Waals surface area contributed by atoms with Crippen LogP contribution in [0.25, 0.3) is 0 Å². The molecular formula is C25H32N2O6. The van der Waals surface area contributed by atoms with Gasteiger partial charge in [-0.3, -0.25) is 9.69 Å². The zero-order chi connectivity index (χ0) is 23.8. The first-order valence-electron chi connectivity index (χ1n) is 11.5. The summed E-state index contributed by atoms with van der Waals surface area (Å²) < 4.78 is 16.6. The molecule has 1 N–H and O–H groups in total. The van der Waals surface area contributed by atoms with Gasteiger partial charge in [-0.15, -0.1) is 0 Å². The van der Waals surface area contributed by atoms with Gasteiger partial charge in [0.2, 0.25) is 5.60 Å². The first-order chi connectivity index (χ1) is 15.7. The Balaban J connectivity index is 1.86. The molecule has 0 aromatic heterocycles. The summed E-state index contributed by atoms with van der Waals surface area (Å²) in [7, 11) is 4.77. The molecule has 1 saturated carbocycles. The lowest BCUT2D eigenvalue weighted by molar-refractivity contribution is -0.228. The number of methoxy groups -OCH3 is 2. The molecule has 6 atom stereocenters. The van der Waals surface area contributed by atoms with Gasteiger partial charge in [0.1, 0.15) is 5.75 Å². The van der Waals surface area contributed by atoms with Crippen molar-refractivity contribution in [3.8, 4) is 5.75 Å². The van der Waals surface area contributed by atoms with Gasteiger partial charge in [-0.2, -0.15) is 0 Å². The van der Waals surface area contributed by atoms with E-state index in [-0.39, 0.29) is 6.04 Å². The molecule has 8 heteroatoms. The highest BCUT2D eigenvalue weighted by Gasteiger charge is 2.80. The maximum absolute atomic E-state index is 13.5. The maximum Gasteiger partial charge on any atom is 0.344 e. The Bertz CT molecular complexity index is 1040. The van der Waals surface area contributed by atoms with Crippen molar-refractivity contribution in [3.05, 3.63) is 35.9 Å². The molecule has 1 saturated heterocycles. The molecule has 5 rings (SSSR count). The minimum absolute atomic E-state index is 0.0589. The van der Waals surface area contributed by atoms with E-state index in [0.29, 0.717) is 12.2 Å². The zero-order valence-corrected chi connectivity index (χ0v) is 19.8. The van der Waals surface area contributed by atoms with Crippen molar-refractivity contribution in [2.24, 2.45) is 5.41 Å². The van der Waals surface area contributed by atoms with Gasteiger partial charge < -0.3 is 24.2 Å². The molecule has 2 fully saturated rings. The molecule has 1 aromatic rings. The Labute approximate surface area is 194 Å². The van der Waals surface area contributed by atoms with Gasteiger partial charge in [-0.1, -0.05) is 25.1 Å². The summed E-state index contributed by atoms with van der Waals surface area (Å²) in [4.78, 5) is 30.2. The van der Waals surface area contributed by atoms with Gasteiger partial charge in [0, 0.05) is 49.1 Å². The van der Waals surface area contributed by atoms with Gasteiger partial charge in [0.05, 0.1) is 20.3 Å². The highest BCUT2D eigenvalue weighted by atomic mass is 16.6. The molecule has 33 heavy (non-hydrogen) atoms. The topological polar surface area (TPSA) is 88.5 Å². The van der Waals surface area contributed by atoms with Crippen LogP contribution in [-0.4, -0.2) is 80.1 Å². The standard InChI is InChI=1S/C25H32N2O6/c1-6-23-10-7-12-27-13-11-24(19(23)27)17-9-8-16(31-4)14-18(17)26(3)20(24)25(30,22(29)32-5)21(23)33-15(2)28/h7-10,14,19-21,30H,6,11-13H2,1-5H3/t19-,20+,21-,23-,24+,25-/m1/s1. The van der Waals surface area contributed by atoms with Crippen molar-refractivity contribution in [2.75, 3.05) is 39.3 Å². The lowest BCUT2D eigenvalue weighted by Gasteiger charge is -2.63. The summed E-state index contributed by atoms with van der Waals surface area (Å²) >= 11 is 0. The third-order valence-corrected chi connectivity index (χ3v) is 8.62. The number of esters is 2. The second kappa shape index (κ2) is 7.21. The normalized spacial score (nSPS) is 38.4. The second-order valence-electron chi connectivity index (χ2n) is 9.76. The van der Waals surface area contributed by atoms with Crippen molar-refractivity contribution in [1.82, 2.24) is 4.90 Å². The summed E-state index contributed by atoms with van der Waals surface area (Å²) in [5, 5.41) is 12.5. The Hall–Kier alpha value is -2.58. The number of benzene rings is 1. The average molecular weight is 457 g/mol. The van der Waals surface area contributed by atoms with Gasteiger partial charge >= 0.3 is 11.9 Å². The van der Waals surface area contributed by atoms with Crippen LogP contribution in [0.3, 0.4) is 0 Å². The molecule has 1 aromatic carbocycles. The van der Waals surface area contributed by atoms with E-state index in [1.165, 1.54) is 14.0 Å². The summed E-state index contributed by atoms with van der Waals surface area (Å²) in [5.41, 5.74) is -1.41. The third-order valence-electron chi connectivity index (χ3n) is 8.62. The minimum Gasteiger partial charge on any atom is -0.497 e. The molecule has 1 spiro atoms. The highest BCUT2D eigenvalue weighted by Crippen LogP contribution is 2.67. The van der Waals surface area contributed by atoms with Crippen LogP contribution in [0.2, 0.25) is 0 Å². The molecule has 1 aliphatic carbocycles. The van der Waals surface area contributed by atoms with Crippen molar-refractivity contribution in [2.45, 2.75) is 55.9 Å². The van der Waals surface area contributed by atoms with E-state index in [9.17, 15) is 14.7 Å². The number of aliphatic hydroxyl groups is 1. The molecule has 178 valence electrons. The Morgan fingerprint density at radius 2 is 2.00 bits per heavy atom. The van der Waals surface area contributed by atoms with Gasteiger partial charge in [0.25, 0.3) is 0 Å². The van der Waals surface area contributed by atoms with E-state index in [1.807, 2.05) is 31.0 Å². The number of likely N-dealkylation sites (N-methyl/N-ethyl adjacent to an activating group) is 1. The van der Waals surface area contributed by atoms with Crippen LogP contribution in [0.1, 0.15) is 32.3 Å². The first kappa shape index (κ1) is 22.2. The molecule has 8 nitrogen and oxygen atoms in total. The molecular weight excluding hydrogens is 424 g/mol. The van der Waals surface area contributed by atoms with Crippen molar-refractivity contribution >= 4 is 17.6 Å². The number of hydrogen-bond acceptors (Lipinski definition) is 8. The fourth-order valence-corrected chi connectivity index (χ4v) is 7.68. The van der Waals surface area contributed by atoms with Crippen LogP contribution in [0.5, 0.6) is 5.75 Å². The van der Waals surface area contributed by atoms with Gasteiger partial charge in [-0.05, 0) is 31.0 Å². The molecule has 0 amide bonds. The maximum atomic E-state index is 13.5. The van der Waals surface area contributed by atoms with E-state index in [1.54, 1.807) is 7.11 Å². The van der Waals surface area contributed by atoms with Crippen LogP contribution in [-0.2, 0) is 24.5 Å². The van der Waals surface area contributed by atoms with Crippen molar-refractivity contribution < 1.29 is 28.9 Å². The van der Waals surface area contributed by atoms with Crippen LogP contribution < -0.4 is 9.64 Å². The minimum atomic E-state index is -2.08. The molecule has 3 aliphatic heterocycles.